The Bertz CT molecular complexity index is 701. The Balaban J connectivity index is 2.01. The van der Waals surface area contributed by atoms with Crippen LogP contribution in [0.2, 0.25) is 0 Å². The molecule has 0 aliphatic heterocycles. The summed E-state index contributed by atoms with van der Waals surface area (Å²) in [6.07, 6.45) is -1.16. The second kappa shape index (κ2) is 7.24. The van der Waals surface area contributed by atoms with Crippen LogP contribution in [0.25, 0.3) is 0 Å². The van der Waals surface area contributed by atoms with Crippen molar-refractivity contribution in [2.45, 2.75) is 19.4 Å². The number of rotatable bonds is 5. The maximum atomic E-state index is 13.1. The van der Waals surface area contributed by atoms with Crippen LogP contribution in [-0.2, 0) is 4.79 Å². The second-order valence-electron chi connectivity index (χ2n) is 5.72. The standard InChI is InChI=1S/C18H21FN2O2/c1-12-9-15(7-8-16(12)21(2)3)20-18(23)11-17(22)13-5-4-6-14(19)10-13/h4-10,17,22H,11H2,1-3H3,(H,20,23). The summed E-state index contributed by atoms with van der Waals surface area (Å²) in [7, 11) is 3.91. The van der Waals surface area contributed by atoms with Crippen LogP contribution in [0, 0.1) is 12.7 Å². The number of carbonyl (C=O) groups is 1. The minimum Gasteiger partial charge on any atom is -0.388 e. The number of anilines is 2. The molecule has 0 spiro atoms. The molecular weight excluding hydrogens is 295 g/mol. The summed E-state index contributed by atoms with van der Waals surface area (Å²) in [4.78, 5) is 14.0. The predicted octanol–water partition coefficient (Wildman–Crippen LogP) is 3.26. The number of hydrogen-bond donors (Lipinski definition) is 2. The lowest BCUT2D eigenvalue weighted by Gasteiger charge is -2.17. The zero-order chi connectivity index (χ0) is 17.0. The van der Waals surface area contributed by atoms with Crippen molar-refractivity contribution in [3.05, 3.63) is 59.4 Å². The summed E-state index contributed by atoms with van der Waals surface area (Å²) in [5, 5.41) is 12.8. The summed E-state index contributed by atoms with van der Waals surface area (Å²) in [6, 6.07) is 11.2. The molecule has 2 aromatic rings. The normalized spacial score (nSPS) is 11.9. The lowest BCUT2D eigenvalue weighted by Crippen LogP contribution is -2.16. The molecule has 0 radical (unpaired) electrons. The van der Waals surface area contributed by atoms with Crippen LogP contribution in [0.3, 0.4) is 0 Å². The quantitative estimate of drug-likeness (QED) is 0.890. The largest absolute Gasteiger partial charge is 0.388 e. The van der Waals surface area contributed by atoms with E-state index in [-0.39, 0.29) is 12.3 Å². The molecular formula is C18H21FN2O2. The van der Waals surface area contributed by atoms with E-state index >= 15 is 0 Å². The summed E-state index contributed by atoms with van der Waals surface area (Å²) in [6.45, 7) is 1.96. The molecule has 1 unspecified atom stereocenters. The molecule has 0 aromatic heterocycles. The van der Waals surface area contributed by atoms with E-state index in [4.69, 9.17) is 0 Å². The zero-order valence-electron chi connectivity index (χ0n) is 13.5. The number of nitrogens with zero attached hydrogens (tertiary/aromatic N) is 1. The van der Waals surface area contributed by atoms with Gasteiger partial charge in [0.05, 0.1) is 12.5 Å². The van der Waals surface area contributed by atoms with Crippen molar-refractivity contribution >= 4 is 17.3 Å². The van der Waals surface area contributed by atoms with E-state index in [1.54, 1.807) is 6.07 Å². The molecule has 0 aliphatic carbocycles. The van der Waals surface area contributed by atoms with Gasteiger partial charge < -0.3 is 15.3 Å². The molecule has 0 fully saturated rings. The smallest absolute Gasteiger partial charge is 0.227 e. The van der Waals surface area contributed by atoms with Crippen LogP contribution in [0.5, 0.6) is 0 Å². The van der Waals surface area contributed by atoms with Gasteiger partial charge in [0, 0.05) is 25.5 Å². The number of hydrogen-bond acceptors (Lipinski definition) is 3. The third kappa shape index (κ3) is 4.53. The van der Waals surface area contributed by atoms with Crippen LogP contribution < -0.4 is 10.2 Å². The number of halogens is 1. The minimum absolute atomic E-state index is 0.127. The van der Waals surface area contributed by atoms with E-state index in [2.05, 4.69) is 5.32 Å². The summed E-state index contributed by atoms with van der Waals surface area (Å²) >= 11 is 0. The first-order valence-corrected chi connectivity index (χ1v) is 7.38. The van der Waals surface area contributed by atoms with Crippen molar-refractivity contribution in [2.24, 2.45) is 0 Å². The van der Waals surface area contributed by atoms with Crippen molar-refractivity contribution in [1.82, 2.24) is 0 Å². The first-order valence-electron chi connectivity index (χ1n) is 7.38. The Labute approximate surface area is 135 Å². The van der Waals surface area contributed by atoms with E-state index in [0.717, 1.165) is 11.3 Å². The number of amides is 1. The van der Waals surface area contributed by atoms with Crippen molar-refractivity contribution in [3.63, 3.8) is 0 Å². The SMILES string of the molecule is Cc1cc(NC(=O)CC(O)c2cccc(F)c2)ccc1N(C)C. The maximum Gasteiger partial charge on any atom is 0.227 e. The molecule has 0 aliphatic rings. The molecule has 122 valence electrons. The van der Waals surface area contributed by atoms with Gasteiger partial charge in [-0.15, -0.1) is 0 Å². The van der Waals surface area contributed by atoms with Crippen LogP contribution >= 0.6 is 0 Å². The Morgan fingerprint density at radius 3 is 2.61 bits per heavy atom. The van der Waals surface area contributed by atoms with Crippen molar-refractivity contribution < 1.29 is 14.3 Å². The highest BCUT2D eigenvalue weighted by Gasteiger charge is 2.14. The molecule has 2 aromatic carbocycles. The number of aryl methyl sites for hydroxylation is 1. The minimum atomic E-state index is -1.03. The first kappa shape index (κ1) is 17.0. The predicted molar refractivity (Wildman–Crippen MR) is 90.1 cm³/mol. The summed E-state index contributed by atoms with van der Waals surface area (Å²) < 4.78 is 13.1. The average Bonchev–Trinajstić information content (AvgIpc) is 2.46. The lowest BCUT2D eigenvalue weighted by atomic mass is 10.1. The molecule has 0 bridgehead atoms. The van der Waals surface area contributed by atoms with Gasteiger partial charge >= 0.3 is 0 Å². The Kier molecular flexibility index (Phi) is 5.34. The number of nitrogens with one attached hydrogen (secondary N) is 1. The van der Waals surface area contributed by atoms with Gasteiger partial charge in [-0.05, 0) is 48.4 Å². The summed E-state index contributed by atoms with van der Waals surface area (Å²) in [5.41, 5.74) is 3.17. The van der Waals surface area contributed by atoms with Crippen LogP contribution in [0.15, 0.2) is 42.5 Å². The highest BCUT2D eigenvalue weighted by Crippen LogP contribution is 2.23. The van der Waals surface area contributed by atoms with E-state index in [1.807, 2.05) is 44.1 Å². The van der Waals surface area contributed by atoms with Gasteiger partial charge in [-0.1, -0.05) is 12.1 Å². The van der Waals surface area contributed by atoms with Gasteiger partial charge in [-0.3, -0.25) is 4.79 Å². The number of aliphatic hydroxyl groups excluding tert-OH is 1. The fourth-order valence-electron chi connectivity index (χ4n) is 2.45. The molecule has 23 heavy (non-hydrogen) atoms. The van der Waals surface area contributed by atoms with Crippen molar-refractivity contribution in [2.75, 3.05) is 24.3 Å². The molecule has 1 amide bonds. The Hall–Kier alpha value is -2.40. The molecule has 5 heteroatoms. The van der Waals surface area contributed by atoms with E-state index in [9.17, 15) is 14.3 Å². The molecule has 0 saturated carbocycles. The monoisotopic (exact) mass is 316 g/mol. The topological polar surface area (TPSA) is 52.6 Å². The van der Waals surface area contributed by atoms with E-state index in [0.29, 0.717) is 11.3 Å². The van der Waals surface area contributed by atoms with Gasteiger partial charge in [-0.2, -0.15) is 0 Å². The highest BCUT2D eigenvalue weighted by atomic mass is 19.1. The molecule has 4 nitrogen and oxygen atoms in total. The number of benzene rings is 2. The zero-order valence-corrected chi connectivity index (χ0v) is 13.5. The van der Waals surface area contributed by atoms with Crippen LogP contribution in [0.1, 0.15) is 23.7 Å². The fraction of sp³-hybridized carbons (Fsp3) is 0.278. The van der Waals surface area contributed by atoms with Gasteiger partial charge in [0.1, 0.15) is 5.82 Å². The molecule has 2 N–H and O–H groups in total. The first-order chi connectivity index (χ1) is 10.9. The van der Waals surface area contributed by atoms with Gasteiger partial charge in [0.2, 0.25) is 5.91 Å². The molecule has 0 saturated heterocycles. The van der Waals surface area contributed by atoms with E-state index in [1.165, 1.54) is 18.2 Å². The number of aliphatic hydroxyl groups is 1. The van der Waals surface area contributed by atoms with E-state index < -0.39 is 11.9 Å². The van der Waals surface area contributed by atoms with Crippen molar-refractivity contribution in [3.8, 4) is 0 Å². The molecule has 2 rings (SSSR count). The van der Waals surface area contributed by atoms with Gasteiger partial charge in [-0.25, -0.2) is 4.39 Å². The number of carbonyl (C=O) groups excluding carboxylic acids is 1. The second-order valence-corrected chi connectivity index (χ2v) is 5.72. The molecule has 1 atom stereocenters. The van der Waals surface area contributed by atoms with Crippen LogP contribution in [-0.4, -0.2) is 25.1 Å². The van der Waals surface area contributed by atoms with Crippen LogP contribution in [0.4, 0.5) is 15.8 Å². The Morgan fingerprint density at radius 1 is 1.26 bits per heavy atom. The maximum absolute atomic E-state index is 13.1. The third-order valence-electron chi connectivity index (χ3n) is 3.57. The lowest BCUT2D eigenvalue weighted by molar-refractivity contribution is -0.118. The van der Waals surface area contributed by atoms with Crippen molar-refractivity contribution in [1.29, 1.82) is 0 Å². The average molecular weight is 316 g/mol. The van der Waals surface area contributed by atoms with Gasteiger partial charge in [0.25, 0.3) is 0 Å². The third-order valence-corrected chi connectivity index (χ3v) is 3.57. The fourth-order valence-corrected chi connectivity index (χ4v) is 2.45. The van der Waals surface area contributed by atoms with Gasteiger partial charge in [0.15, 0.2) is 0 Å². The molecule has 0 heterocycles. The highest BCUT2D eigenvalue weighted by molar-refractivity contribution is 5.91. The summed E-state index contributed by atoms with van der Waals surface area (Å²) in [5.74, 6) is -0.754. The Morgan fingerprint density at radius 2 is 2.00 bits per heavy atom.